The Labute approximate surface area is 96.9 Å². The van der Waals surface area contributed by atoms with Crippen molar-refractivity contribution in [3.05, 3.63) is 18.0 Å². The maximum Gasteiger partial charge on any atom is 0.219 e. The minimum Gasteiger partial charge on any atom is -0.389 e. The third-order valence-electron chi connectivity index (χ3n) is 1.86. The van der Waals surface area contributed by atoms with E-state index in [9.17, 15) is 15.0 Å². The molecule has 0 bridgehead atoms. The molecule has 0 amide bonds. The summed E-state index contributed by atoms with van der Waals surface area (Å²) < 4.78 is 0. The first-order valence-electron chi connectivity index (χ1n) is 4.57. The quantitative estimate of drug-likeness (QED) is 0.668. The third kappa shape index (κ3) is 3.76. The summed E-state index contributed by atoms with van der Waals surface area (Å²) in [5.41, 5.74) is 5.65. The zero-order valence-electron chi connectivity index (χ0n) is 8.70. The number of carbonyl (C=O) groups excluding carboxylic acids is 1. The van der Waals surface area contributed by atoms with Crippen LogP contribution in [0.3, 0.4) is 0 Å². The number of aliphatic hydroxyl groups excluding tert-OH is 2. The van der Waals surface area contributed by atoms with E-state index in [2.05, 4.69) is 9.97 Å². The van der Waals surface area contributed by atoms with Crippen LogP contribution in [0.15, 0.2) is 12.4 Å². The fourth-order valence-electron chi connectivity index (χ4n) is 1.02. The smallest absolute Gasteiger partial charge is 0.219 e. The van der Waals surface area contributed by atoms with Gasteiger partial charge in [-0.25, -0.2) is 9.97 Å². The summed E-state index contributed by atoms with van der Waals surface area (Å²) in [6.45, 7) is 1.40. The van der Waals surface area contributed by atoms with Crippen LogP contribution in [-0.2, 0) is 4.79 Å². The van der Waals surface area contributed by atoms with Gasteiger partial charge in [-0.2, -0.15) is 0 Å². The van der Waals surface area contributed by atoms with E-state index in [1.807, 2.05) is 0 Å². The highest BCUT2D eigenvalue weighted by atomic mass is 32.2. The third-order valence-corrected chi connectivity index (χ3v) is 2.77. The van der Waals surface area contributed by atoms with Crippen molar-refractivity contribution < 1.29 is 15.0 Å². The van der Waals surface area contributed by atoms with Crippen molar-refractivity contribution >= 4 is 22.8 Å². The number of nitrogen functional groups attached to an aromatic ring is 1. The molecule has 1 rings (SSSR count). The molecule has 1 aromatic rings. The summed E-state index contributed by atoms with van der Waals surface area (Å²) in [7, 11) is 0. The molecule has 0 radical (unpaired) electrons. The van der Waals surface area contributed by atoms with E-state index in [0.29, 0.717) is 5.56 Å². The molecular weight excluding hydrogens is 230 g/mol. The van der Waals surface area contributed by atoms with Crippen LogP contribution in [0, 0.1) is 0 Å². The Kier molecular flexibility index (Phi) is 4.66. The van der Waals surface area contributed by atoms with E-state index in [0.717, 1.165) is 11.8 Å². The molecule has 6 nitrogen and oxygen atoms in total. The zero-order valence-corrected chi connectivity index (χ0v) is 9.52. The number of thioether (sulfide) groups is 1. The molecule has 0 spiro atoms. The average Bonchev–Trinajstić information content (AvgIpc) is 2.26. The van der Waals surface area contributed by atoms with Crippen molar-refractivity contribution in [1.82, 2.24) is 9.97 Å². The van der Waals surface area contributed by atoms with E-state index < -0.39 is 12.2 Å². The number of nitrogens with zero attached hydrogens (tertiary/aromatic N) is 2. The molecule has 0 aliphatic heterocycles. The molecule has 16 heavy (non-hydrogen) atoms. The Hall–Kier alpha value is -1.18. The Morgan fingerprint density at radius 3 is 2.56 bits per heavy atom. The van der Waals surface area contributed by atoms with Crippen LogP contribution in [0.4, 0.5) is 5.95 Å². The molecule has 2 atom stereocenters. The molecule has 88 valence electrons. The number of nitrogens with two attached hydrogens (primary N) is 1. The van der Waals surface area contributed by atoms with Gasteiger partial charge in [0.1, 0.15) is 6.10 Å². The van der Waals surface area contributed by atoms with Crippen LogP contribution in [0.25, 0.3) is 0 Å². The van der Waals surface area contributed by atoms with E-state index in [-0.39, 0.29) is 16.8 Å². The van der Waals surface area contributed by atoms with Crippen LogP contribution in [-0.4, -0.2) is 37.2 Å². The second-order valence-corrected chi connectivity index (χ2v) is 4.39. The topological polar surface area (TPSA) is 109 Å². The Morgan fingerprint density at radius 2 is 2.06 bits per heavy atom. The van der Waals surface area contributed by atoms with Gasteiger partial charge in [0, 0.05) is 30.6 Å². The van der Waals surface area contributed by atoms with Crippen LogP contribution < -0.4 is 5.73 Å². The summed E-state index contributed by atoms with van der Waals surface area (Å²) in [4.78, 5) is 18.1. The number of aliphatic hydroxyl groups is 2. The number of hydrogen-bond acceptors (Lipinski definition) is 7. The van der Waals surface area contributed by atoms with Crippen molar-refractivity contribution in [3.8, 4) is 0 Å². The number of rotatable bonds is 4. The van der Waals surface area contributed by atoms with Crippen molar-refractivity contribution in [2.24, 2.45) is 0 Å². The normalized spacial score (nSPS) is 14.4. The van der Waals surface area contributed by atoms with Gasteiger partial charge < -0.3 is 15.9 Å². The second kappa shape index (κ2) is 5.78. The standard InChI is InChI=1S/C9H13N3O3S/c1-5(13)16-4-7(14)8(15)6-2-11-9(10)12-3-6/h2-3,7-8,14-15H,4H2,1H3,(H2,10,11,12). The first-order valence-corrected chi connectivity index (χ1v) is 5.56. The first kappa shape index (κ1) is 12.9. The summed E-state index contributed by atoms with van der Waals surface area (Å²) in [5.74, 6) is 0.226. The molecule has 2 unspecified atom stereocenters. The van der Waals surface area contributed by atoms with Crippen LogP contribution in [0.5, 0.6) is 0 Å². The summed E-state index contributed by atoms with van der Waals surface area (Å²) in [6.07, 6.45) is 0.525. The first-order chi connectivity index (χ1) is 7.50. The number of anilines is 1. The van der Waals surface area contributed by atoms with Gasteiger partial charge in [0.05, 0.1) is 6.10 Å². The number of aromatic nitrogens is 2. The van der Waals surface area contributed by atoms with Gasteiger partial charge >= 0.3 is 0 Å². The maximum atomic E-state index is 10.7. The van der Waals surface area contributed by atoms with Crippen molar-refractivity contribution in [3.63, 3.8) is 0 Å². The van der Waals surface area contributed by atoms with Gasteiger partial charge in [0.2, 0.25) is 5.95 Å². The molecule has 0 fully saturated rings. The van der Waals surface area contributed by atoms with E-state index in [1.165, 1.54) is 19.3 Å². The lowest BCUT2D eigenvalue weighted by Gasteiger charge is -2.16. The number of hydrogen-bond donors (Lipinski definition) is 3. The van der Waals surface area contributed by atoms with Gasteiger partial charge in [-0.15, -0.1) is 0 Å². The van der Waals surface area contributed by atoms with Gasteiger partial charge in [-0.1, -0.05) is 11.8 Å². The Bertz CT molecular complexity index is 358. The van der Waals surface area contributed by atoms with Crippen LogP contribution in [0.2, 0.25) is 0 Å². The Morgan fingerprint density at radius 1 is 1.50 bits per heavy atom. The predicted octanol–water partition coefficient (Wildman–Crippen LogP) is -0.267. The fraction of sp³-hybridized carbons (Fsp3) is 0.444. The molecule has 0 aliphatic carbocycles. The molecule has 1 heterocycles. The van der Waals surface area contributed by atoms with Gasteiger partial charge in [-0.05, 0) is 0 Å². The highest BCUT2D eigenvalue weighted by molar-refractivity contribution is 8.13. The summed E-state index contributed by atoms with van der Waals surface area (Å²) in [6, 6.07) is 0. The summed E-state index contributed by atoms with van der Waals surface area (Å²) in [5, 5.41) is 19.2. The average molecular weight is 243 g/mol. The molecule has 1 aromatic heterocycles. The number of carbonyl (C=O) groups is 1. The monoisotopic (exact) mass is 243 g/mol. The molecular formula is C9H13N3O3S. The maximum absolute atomic E-state index is 10.7. The zero-order chi connectivity index (χ0) is 12.1. The van der Waals surface area contributed by atoms with E-state index >= 15 is 0 Å². The second-order valence-electron chi connectivity index (χ2n) is 3.19. The van der Waals surface area contributed by atoms with Crippen LogP contribution in [0.1, 0.15) is 18.6 Å². The lowest BCUT2D eigenvalue weighted by molar-refractivity contribution is -0.109. The predicted molar refractivity (Wildman–Crippen MR) is 60.6 cm³/mol. The van der Waals surface area contributed by atoms with Crippen molar-refractivity contribution in [2.75, 3.05) is 11.5 Å². The van der Waals surface area contributed by atoms with Gasteiger partial charge in [0.15, 0.2) is 5.12 Å². The molecule has 7 heteroatoms. The highest BCUT2D eigenvalue weighted by Crippen LogP contribution is 2.18. The lowest BCUT2D eigenvalue weighted by atomic mass is 10.1. The molecule has 0 saturated carbocycles. The molecule has 0 aliphatic rings. The summed E-state index contributed by atoms with van der Waals surface area (Å²) >= 11 is 0.951. The highest BCUT2D eigenvalue weighted by Gasteiger charge is 2.19. The van der Waals surface area contributed by atoms with Gasteiger partial charge in [-0.3, -0.25) is 4.79 Å². The fourth-order valence-corrected chi connectivity index (χ4v) is 1.60. The van der Waals surface area contributed by atoms with E-state index in [4.69, 9.17) is 5.73 Å². The molecule has 0 saturated heterocycles. The largest absolute Gasteiger partial charge is 0.389 e. The lowest BCUT2D eigenvalue weighted by Crippen LogP contribution is -2.21. The minimum absolute atomic E-state index is 0.101. The minimum atomic E-state index is -1.12. The van der Waals surface area contributed by atoms with Crippen LogP contribution >= 0.6 is 11.8 Å². The van der Waals surface area contributed by atoms with Gasteiger partial charge in [0.25, 0.3) is 0 Å². The molecule has 4 N–H and O–H groups in total. The molecule has 0 aromatic carbocycles. The Balaban J connectivity index is 2.59. The van der Waals surface area contributed by atoms with Crippen molar-refractivity contribution in [2.45, 2.75) is 19.1 Å². The SMILES string of the molecule is CC(=O)SCC(O)C(O)c1cnc(N)nc1. The van der Waals surface area contributed by atoms with E-state index in [1.54, 1.807) is 0 Å². The van der Waals surface area contributed by atoms with Crippen molar-refractivity contribution in [1.29, 1.82) is 0 Å².